The Balaban J connectivity index is 2.46. The maximum Gasteiger partial charge on any atom is 0.324 e. The average Bonchev–Trinajstić information content (AvgIpc) is 2.69. The van der Waals surface area contributed by atoms with Crippen molar-refractivity contribution >= 4 is 5.97 Å². The normalized spacial score (nSPS) is 40.1. The summed E-state index contributed by atoms with van der Waals surface area (Å²) in [6, 6.07) is -0.577. The topological polar surface area (TPSA) is 55.6 Å². The van der Waals surface area contributed by atoms with Gasteiger partial charge in [0.15, 0.2) is 0 Å². The van der Waals surface area contributed by atoms with E-state index in [4.69, 9.17) is 10.5 Å². The average molecular weight is 282 g/mol. The van der Waals surface area contributed by atoms with E-state index < -0.39 is 6.04 Å². The van der Waals surface area contributed by atoms with E-state index in [1.54, 1.807) is 0 Å². The van der Waals surface area contributed by atoms with Gasteiger partial charge >= 0.3 is 5.97 Å². The lowest BCUT2D eigenvalue weighted by Gasteiger charge is -2.54. The summed E-state index contributed by atoms with van der Waals surface area (Å²) in [5, 5.41) is 0. The van der Waals surface area contributed by atoms with Crippen molar-refractivity contribution < 1.29 is 9.53 Å². The van der Waals surface area contributed by atoms with Crippen molar-refractivity contribution in [1.82, 2.24) is 4.90 Å². The van der Waals surface area contributed by atoms with Gasteiger partial charge in [-0.05, 0) is 57.0 Å². The highest BCUT2D eigenvalue weighted by Crippen LogP contribution is 2.71. The van der Waals surface area contributed by atoms with Crippen molar-refractivity contribution in [3.8, 4) is 0 Å². The van der Waals surface area contributed by atoms with E-state index in [1.165, 1.54) is 6.42 Å². The number of carbonyl (C=O) groups excluding carboxylic acids is 1. The molecule has 4 atom stereocenters. The summed E-state index contributed by atoms with van der Waals surface area (Å²) in [4.78, 5) is 14.5. The minimum atomic E-state index is -0.577. The van der Waals surface area contributed by atoms with Gasteiger partial charge in [-0.25, -0.2) is 0 Å². The highest BCUT2D eigenvalue weighted by Gasteiger charge is 2.72. The first kappa shape index (κ1) is 15.8. The molecule has 2 rings (SSSR count). The lowest BCUT2D eigenvalue weighted by atomic mass is 9.59. The van der Waals surface area contributed by atoms with Crippen molar-refractivity contribution in [2.45, 2.75) is 58.5 Å². The molecule has 2 bridgehead atoms. The fourth-order valence-corrected chi connectivity index (χ4v) is 5.18. The van der Waals surface area contributed by atoms with Gasteiger partial charge in [-0.15, -0.1) is 0 Å². The molecule has 2 aliphatic rings. The number of esters is 1. The van der Waals surface area contributed by atoms with Crippen LogP contribution in [0.1, 0.15) is 47.0 Å². The summed E-state index contributed by atoms with van der Waals surface area (Å²) in [5.41, 5.74) is 6.37. The molecule has 0 aliphatic heterocycles. The summed E-state index contributed by atoms with van der Waals surface area (Å²) in [6.07, 6.45) is 3.37. The van der Waals surface area contributed by atoms with Crippen LogP contribution in [0.5, 0.6) is 0 Å². The number of ether oxygens (including phenoxy) is 1. The van der Waals surface area contributed by atoms with Crippen LogP contribution in [0, 0.1) is 16.7 Å². The molecular formula is C16H30N2O2. The Morgan fingerprint density at radius 2 is 2.00 bits per heavy atom. The fourth-order valence-electron chi connectivity index (χ4n) is 5.18. The van der Waals surface area contributed by atoms with E-state index in [0.717, 1.165) is 12.8 Å². The first-order valence-corrected chi connectivity index (χ1v) is 7.75. The molecule has 2 N–H and O–H groups in total. The van der Waals surface area contributed by atoms with Crippen molar-refractivity contribution in [2.75, 3.05) is 20.7 Å². The van der Waals surface area contributed by atoms with Crippen LogP contribution in [0.25, 0.3) is 0 Å². The van der Waals surface area contributed by atoms with Gasteiger partial charge in [0.1, 0.15) is 6.04 Å². The minimum absolute atomic E-state index is 0.0420. The highest BCUT2D eigenvalue weighted by atomic mass is 16.5. The smallest absolute Gasteiger partial charge is 0.324 e. The Morgan fingerprint density at radius 1 is 1.40 bits per heavy atom. The van der Waals surface area contributed by atoms with Gasteiger partial charge in [-0.3, -0.25) is 4.79 Å². The van der Waals surface area contributed by atoms with Crippen LogP contribution in [0.4, 0.5) is 0 Å². The minimum Gasteiger partial charge on any atom is -0.465 e. The largest absolute Gasteiger partial charge is 0.465 e. The van der Waals surface area contributed by atoms with Gasteiger partial charge in [-0.2, -0.15) is 0 Å². The van der Waals surface area contributed by atoms with Crippen LogP contribution in [0.15, 0.2) is 0 Å². The van der Waals surface area contributed by atoms with Crippen LogP contribution in [0.3, 0.4) is 0 Å². The zero-order valence-corrected chi connectivity index (χ0v) is 13.8. The number of likely N-dealkylation sites (N-methyl/N-ethyl adjacent to an activating group) is 1. The van der Waals surface area contributed by atoms with Gasteiger partial charge in [0.05, 0.1) is 12.1 Å². The molecule has 0 amide bonds. The molecule has 0 radical (unpaired) electrons. The summed E-state index contributed by atoms with van der Waals surface area (Å²) in [7, 11) is 4.11. The third-order valence-electron chi connectivity index (χ3n) is 6.80. The van der Waals surface area contributed by atoms with Crippen molar-refractivity contribution in [1.29, 1.82) is 0 Å². The van der Waals surface area contributed by atoms with Crippen molar-refractivity contribution in [3.63, 3.8) is 0 Å². The quantitative estimate of drug-likeness (QED) is 0.802. The number of carbonyl (C=O) groups is 1. The summed E-state index contributed by atoms with van der Waals surface area (Å²) in [5.74, 6) is 0.376. The molecule has 0 aromatic carbocycles. The fraction of sp³-hybridized carbons (Fsp3) is 0.938. The monoisotopic (exact) mass is 282 g/mol. The van der Waals surface area contributed by atoms with E-state index in [0.29, 0.717) is 12.5 Å². The molecule has 4 nitrogen and oxygen atoms in total. The lowest BCUT2D eigenvalue weighted by Crippen LogP contribution is -2.68. The first-order chi connectivity index (χ1) is 9.15. The molecule has 2 fully saturated rings. The zero-order chi connectivity index (χ0) is 15.3. The number of rotatable bonds is 4. The number of nitrogens with zero attached hydrogens (tertiary/aromatic N) is 1. The van der Waals surface area contributed by atoms with Crippen LogP contribution in [-0.2, 0) is 9.53 Å². The SMILES string of the molecule is CCOC(=O)[C@H](N)[C@@]1(N(C)C)C[C@@H]2CC[C@]1(C)C2(C)C. The summed E-state index contributed by atoms with van der Waals surface area (Å²) in [6.45, 7) is 9.22. The molecule has 2 aliphatic carbocycles. The maximum absolute atomic E-state index is 12.3. The third-order valence-corrected chi connectivity index (χ3v) is 6.80. The van der Waals surface area contributed by atoms with Crippen LogP contribution < -0.4 is 5.73 Å². The summed E-state index contributed by atoms with van der Waals surface area (Å²) < 4.78 is 5.22. The van der Waals surface area contributed by atoms with Gasteiger partial charge in [-0.1, -0.05) is 20.8 Å². The van der Waals surface area contributed by atoms with E-state index in [2.05, 4.69) is 39.8 Å². The molecule has 4 heteroatoms. The van der Waals surface area contributed by atoms with E-state index >= 15 is 0 Å². The summed E-state index contributed by atoms with van der Waals surface area (Å²) >= 11 is 0. The molecule has 116 valence electrons. The lowest BCUT2D eigenvalue weighted by molar-refractivity contribution is -0.153. The van der Waals surface area contributed by atoms with E-state index in [-0.39, 0.29) is 22.3 Å². The zero-order valence-electron chi connectivity index (χ0n) is 13.8. The Bertz CT molecular complexity index is 407. The molecule has 0 aromatic heterocycles. The van der Waals surface area contributed by atoms with Gasteiger partial charge < -0.3 is 15.4 Å². The van der Waals surface area contributed by atoms with Crippen molar-refractivity contribution in [3.05, 3.63) is 0 Å². The molecular weight excluding hydrogens is 252 g/mol. The van der Waals surface area contributed by atoms with Crippen LogP contribution in [-0.4, -0.2) is 43.2 Å². The molecule has 0 aromatic rings. The van der Waals surface area contributed by atoms with Gasteiger partial charge in [0.25, 0.3) is 0 Å². The second-order valence-electron chi connectivity index (χ2n) is 7.54. The Kier molecular flexibility index (Phi) is 3.71. The van der Waals surface area contributed by atoms with Crippen molar-refractivity contribution in [2.24, 2.45) is 22.5 Å². The molecule has 0 heterocycles. The molecule has 0 saturated heterocycles. The Labute approximate surface area is 123 Å². The van der Waals surface area contributed by atoms with Gasteiger partial charge in [0, 0.05) is 0 Å². The molecule has 0 unspecified atom stereocenters. The Morgan fingerprint density at radius 3 is 2.35 bits per heavy atom. The first-order valence-electron chi connectivity index (χ1n) is 7.75. The molecule has 0 spiro atoms. The van der Waals surface area contributed by atoms with Crippen LogP contribution >= 0.6 is 0 Å². The highest BCUT2D eigenvalue weighted by molar-refractivity contribution is 5.78. The van der Waals surface area contributed by atoms with Gasteiger partial charge in [0.2, 0.25) is 0 Å². The predicted octanol–water partition coefficient (Wildman–Crippen LogP) is 2.02. The van der Waals surface area contributed by atoms with E-state index in [1.807, 2.05) is 6.92 Å². The van der Waals surface area contributed by atoms with E-state index in [9.17, 15) is 4.79 Å². The third kappa shape index (κ3) is 1.64. The van der Waals surface area contributed by atoms with Crippen LogP contribution in [0.2, 0.25) is 0 Å². The predicted molar refractivity (Wildman–Crippen MR) is 80.3 cm³/mol. The number of hydrogen-bond acceptors (Lipinski definition) is 4. The number of hydrogen-bond donors (Lipinski definition) is 1. The maximum atomic E-state index is 12.3. The Hall–Kier alpha value is -0.610. The second kappa shape index (κ2) is 4.70. The molecule has 20 heavy (non-hydrogen) atoms. The second-order valence-corrected chi connectivity index (χ2v) is 7.54. The number of fused-ring (bicyclic) bond motifs is 2. The standard InChI is InChI=1S/C16H30N2O2/c1-7-20-13(19)12(17)16(18(5)6)10-11-8-9-15(16,4)14(11,2)3/h11-12H,7-10,17H2,1-6H3/t11-,12-,15+,16-/m0/s1. The molecule has 2 saturated carbocycles. The number of nitrogens with two attached hydrogens (primary N) is 1.